The molecule has 0 aromatic heterocycles. The monoisotopic (exact) mass is 178 g/mol. The fourth-order valence-corrected chi connectivity index (χ4v) is 3.47. The summed E-state index contributed by atoms with van der Waals surface area (Å²) >= 11 is 0. The van der Waals surface area contributed by atoms with Gasteiger partial charge in [0.25, 0.3) is 0 Å². The van der Waals surface area contributed by atoms with Crippen LogP contribution in [0.25, 0.3) is 0 Å². The summed E-state index contributed by atoms with van der Waals surface area (Å²) in [7, 11) is 0. The minimum absolute atomic E-state index is 1.11. The van der Waals surface area contributed by atoms with Crippen molar-refractivity contribution in [1.82, 2.24) is 0 Å². The van der Waals surface area contributed by atoms with E-state index in [1.54, 1.807) is 38.3 Å². The standard InChI is InChI=1S/C12H23B/c1-2-3-7-13-8-6-11-4-5-12(9-11)10-13/h11-12H,2-10H2,1H3. The molecule has 1 saturated carbocycles. The first-order valence-electron chi connectivity index (χ1n) is 6.38. The zero-order valence-electron chi connectivity index (χ0n) is 9.10. The van der Waals surface area contributed by atoms with Crippen molar-refractivity contribution in [2.75, 3.05) is 0 Å². The smallest absolute Gasteiger partial charge is 0.0741 e. The summed E-state index contributed by atoms with van der Waals surface area (Å²) in [5.74, 6) is 2.27. The summed E-state index contributed by atoms with van der Waals surface area (Å²) in [4.78, 5) is 0. The molecule has 0 spiro atoms. The summed E-state index contributed by atoms with van der Waals surface area (Å²) in [6.07, 6.45) is 13.8. The van der Waals surface area contributed by atoms with Crippen LogP contribution >= 0.6 is 0 Å². The average molecular weight is 178 g/mol. The van der Waals surface area contributed by atoms with Gasteiger partial charge in [-0.1, -0.05) is 58.0 Å². The zero-order valence-corrected chi connectivity index (χ0v) is 9.10. The Labute approximate surface area is 83.6 Å². The van der Waals surface area contributed by atoms with Crippen LogP contribution in [-0.4, -0.2) is 6.71 Å². The van der Waals surface area contributed by atoms with E-state index < -0.39 is 0 Å². The Morgan fingerprint density at radius 1 is 1.15 bits per heavy atom. The Bertz CT molecular complexity index is 155. The number of unbranched alkanes of at least 4 members (excludes halogenated alkanes) is 1. The fourth-order valence-electron chi connectivity index (χ4n) is 3.47. The van der Waals surface area contributed by atoms with Crippen molar-refractivity contribution >= 4 is 6.71 Å². The van der Waals surface area contributed by atoms with Crippen LogP contribution < -0.4 is 0 Å². The van der Waals surface area contributed by atoms with Crippen LogP contribution in [0.1, 0.15) is 45.4 Å². The van der Waals surface area contributed by atoms with E-state index in [1.165, 1.54) is 19.2 Å². The quantitative estimate of drug-likeness (QED) is 0.570. The number of fused-ring (bicyclic) bond motifs is 2. The van der Waals surface area contributed by atoms with Gasteiger partial charge < -0.3 is 0 Å². The highest BCUT2D eigenvalue weighted by atomic mass is 14.3. The minimum Gasteiger partial charge on any atom is -0.0741 e. The van der Waals surface area contributed by atoms with Gasteiger partial charge in [-0.15, -0.1) is 0 Å². The first-order valence-corrected chi connectivity index (χ1v) is 6.38. The highest BCUT2D eigenvalue weighted by molar-refractivity contribution is 6.58. The molecule has 2 fully saturated rings. The van der Waals surface area contributed by atoms with Crippen molar-refractivity contribution in [3.05, 3.63) is 0 Å². The third kappa shape index (κ3) is 2.51. The lowest BCUT2D eigenvalue weighted by atomic mass is 9.40. The molecule has 2 atom stereocenters. The second-order valence-corrected chi connectivity index (χ2v) is 5.37. The van der Waals surface area contributed by atoms with E-state index in [2.05, 4.69) is 6.92 Å². The molecule has 0 nitrogen and oxygen atoms in total. The third-order valence-corrected chi connectivity index (χ3v) is 4.27. The summed E-state index contributed by atoms with van der Waals surface area (Å²) in [5.41, 5.74) is 0. The summed E-state index contributed by atoms with van der Waals surface area (Å²) in [6.45, 7) is 3.43. The van der Waals surface area contributed by atoms with Gasteiger partial charge in [-0.25, -0.2) is 0 Å². The Morgan fingerprint density at radius 2 is 2.00 bits per heavy atom. The van der Waals surface area contributed by atoms with E-state index in [0.29, 0.717) is 0 Å². The summed E-state index contributed by atoms with van der Waals surface area (Å²) in [5, 5.41) is 0. The molecule has 74 valence electrons. The van der Waals surface area contributed by atoms with E-state index in [9.17, 15) is 0 Å². The molecule has 13 heavy (non-hydrogen) atoms. The van der Waals surface area contributed by atoms with Gasteiger partial charge >= 0.3 is 0 Å². The lowest BCUT2D eigenvalue weighted by molar-refractivity contribution is 0.513. The van der Waals surface area contributed by atoms with E-state index >= 15 is 0 Å². The highest BCUT2D eigenvalue weighted by Crippen LogP contribution is 2.41. The molecular weight excluding hydrogens is 155 g/mol. The normalized spacial score (nSPS) is 33.5. The zero-order chi connectivity index (χ0) is 9.10. The molecule has 0 N–H and O–H groups in total. The lowest BCUT2D eigenvalue weighted by Crippen LogP contribution is -2.14. The molecule has 1 aliphatic heterocycles. The second-order valence-electron chi connectivity index (χ2n) is 5.37. The van der Waals surface area contributed by atoms with E-state index in [-0.39, 0.29) is 0 Å². The highest BCUT2D eigenvalue weighted by Gasteiger charge is 2.31. The lowest BCUT2D eigenvalue weighted by Gasteiger charge is -2.15. The largest absolute Gasteiger partial charge is 0.140 e. The van der Waals surface area contributed by atoms with Crippen LogP contribution in [0.4, 0.5) is 0 Å². The minimum atomic E-state index is 1.11. The Hall–Kier alpha value is 0.0649. The SMILES string of the molecule is CCCCB1CCC2CCC(C1)C2. The topological polar surface area (TPSA) is 0 Å². The van der Waals surface area contributed by atoms with E-state index in [0.717, 1.165) is 18.5 Å². The molecule has 0 aromatic rings. The van der Waals surface area contributed by atoms with Crippen molar-refractivity contribution in [1.29, 1.82) is 0 Å². The van der Waals surface area contributed by atoms with Gasteiger partial charge in [0.2, 0.25) is 0 Å². The summed E-state index contributed by atoms with van der Waals surface area (Å²) in [6, 6.07) is 0. The van der Waals surface area contributed by atoms with Crippen molar-refractivity contribution in [3.63, 3.8) is 0 Å². The molecule has 2 rings (SSSR count). The van der Waals surface area contributed by atoms with E-state index in [1.807, 2.05) is 0 Å². The molecule has 1 heterocycles. The summed E-state index contributed by atoms with van der Waals surface area (Å²) < 4.78 is 0. The maximum Gasteiger partial charge on any atom is 0.140 e. The van der Waals surface area contributed by atoms with Crippen LogP contribution in [0.2, 0.25) is 19.0 Å². The Balaban J connectivity index is 1.79. The van der Waals surface area contributed by atoms with Crippen LogP contribution in [0.5, 0.6) is 0 Å². The van der Waals surface area contributed by atoms with Gasteiger partial charge in [-0.2, -0.15) is 0 Å². The molecule has 1 aliphatic carbocycles. The molecule has 2 aliphatic rings. The van der Waals surface area contributed by atoms with E-state index in [4.69, 9.17) is 0 Å². The van der Waals surface area contributed by atoms with Crippen molar-refractivity contribution in [3.8, 4) is 0 Å². The molecule has 0 aromatic carbocycles. The molecule has 0 radical (unpaired) electrons. The third-order valence-electron chi connectivity index (χ3n) is 4.27. The molecule has 1 saturated heterocycles. The molecular formula is C12H23B. The average Bonchev–Trinajstić information content (AvgIpc) is 2.45. The first kappa shape index (κ1) is 9.61. The predicted octanol–water partition coefficient (Wildman–Crippen LogP) is 4.10. The number of hydrogen-bond donors (Lipinski definition) is 0. The van der Waals surface area contributed by atoms with Crippen molar-refractivity contribution in [2.24, 2.45) is 11.8 Å². The maximum atomic E-state index is 2.32. The Morgan fingerprint density at radius 3 is 2.85 bits per heavy atom. The van der Waals surface area contributed by atoms with Gasteiger partial charge in [0.1, 0.15) is 6.71 Å². The van der Waals surface area contributed by atoms with Crippen LogP contribution in [0.3, 0.4) is 0 Å². The molecule has 2 bridgehead atoms. The molecule has 1 heteroatoms. The number of hydrogen-bond acceptors (Lipinski definition) is 0. The second kappa shape index (κ2) is 4.53. The van der Waals surface area contributed by atoms with Gasteiger partial charge in [-0.05, 0) is 18.3 Å². The van der Waals surface area contributed by atoms with Gasteiger partial charge in [0.15, 0.2) is 0 Å². The molecule has 2 unspecified atom stereocenters. The maximum absolute atomic E-state index is 2.32. The van der Waals surface area contributed by atoms with Gasteiger partial charge in [0, 0.05) is 0 Å². The van der Waals surface area contributed by atoms with Crippen molar-refractivity contribution in [2.45, 2.75) is 64.4 Å². The van der Waals surface area contributed by atoms with Gasteiger partial charge in [0.05, 0.1) is 0 Å². The predicted molar refractivity (Wildman–Crippen MR) is 60.5 cm³/mol. The van der Waals surface area contributed by atoms with Gasteiger partial charge in [-0.3, -0.25) is 0 Å². The fraction of sp³-hybridized carbons (Fsp3) is 1.00. The number of rotatable bonds is 3. The van der Waals surface area contributed by atoms with Crippen LogP contribution in [0, 0.1) is 11.8 Å². The van der Waals surface area contributed by atoms with Crippen LogP contribution in [-0.2, 0) is 0 Å². The molecule has 0 amide bonds. The Kier molecular flexibility index (Phi) is 3.35. The van der Waals surface area contributed by atoms with Crippen molar-refractivity contribution < 1.29 is 0 Å². The first-order chi connectivity index (χ1) is 6.38. The van der Waals surface area contributed by atoms with Crippen LogP contribution in [0.15, 0.2) is 0 Å².